The van der Waals surface area contributed by atoms with Gasteiger partial charge in [-0.2, -0.15) is 0 Å². The molecule has 3 nitrogen and oxygen atoms in total. The zero-order valence-corrected chi connectivity index (χ0v) is 6.85. The SMILES string of the molecule is COc1cc([NH3+])c(C)cc1N. The van der Waals surface area contributed by atoms with Crippen LogP contribution in [0.5, 0.6) is 5.75 Å². The number of ether oxygens (including phenoxy) is 1. The maximum Gasteiger partial charge on any atom is 0.147 e. The van der Waals surface area contributed by atoms with E-state index in [1.165, 1.54) is 0 Å². The second kappa shape index (κ2) is 2.80. The minimum absolute atomic E-state index is 0.664. The molecule has 1 aromatic carbocycles. The van der Waals surface area contributed by atoms with Crippen molar-refractivity contribution in [3.05, 3.63) is 17.7 Å². The standard InChI is InChI=1S/C8H12N2O/c1-5-3-7(10)8(11-2)4-6(5)9/h3-4H,9-10H2,1-2H3/p+1. The van der Waals surface area contributed by atoms with Gasteiger partial charge < -0.3 is 16.2 Å². The average molecular weight is 153 g/mol. The summed E-state index contributed by atoms with van der Waals surface area (Å²) >= 11 is 0. The molecule has 60 valence electrons. The highest BCUT2D eigenvalue weighted by atomic mass is 16.5. The number of anilines is 1. The normalized spacial score (nSPS) is 9.73. The van der Waals surface area contributed by atoms with E-state index in [9.17, 15) is 0 Å². The van der Waals surface area contributed by atoms with E-state index in [0.29, 0.717) is 11.4 Å². The fourth-order valence-electron chi connectivity index (χ4n) is 0.929. The van der Waals surface area contributed by atoms with E-state index in [0.717, 1.165) is 11.3 Å². The van der Waals surface area contributed by atoms with Crippen molar-refractivity contribution in [3.63, 3.8) is 0 Å². The van der Waals surface area contributed by atoms with Crippen molar-refractivity contribution in [2.24, 2.45) is 0 Å². The molecule has 5 N–H and O–H groups in total. The highest BCUT2D eigenvalue weighted by Crippen LogP contribution is 2.25. The molecule has 0 saturated heterocycles. The lowest BCUT2D eigenvalue weighted by molar-refractivity contribution is -0.255. The Hall–Kier alpha value is -1.22. The van der Waals surface area contributed by atoms with Crippen LogP contribution in [0.15, 0.2) is 12.1 Å². The summed E-state index contributed by atoms with van der Waals surface area (Å²) in [6, 6.07) is 3.70. The highest BCUT2D eigenvalue weighted by Gasteiger charge is 2.03. The minimum Gasteiger partial charge on any atom is -0.494 e. The van der Waals surface area contributed by atoms with E-state index < -0.39 is 0 Å². The zero-order chi connectivity index (χ0) is 8.43. The molecule has 11 heavy (non-hydrogen) atoms. The second-order valence-corrected chi connectivity index (χ2v) is 2.52. The fraction of sp³-hybridized carbons (Fsp3) is 0.250. The van der Waals surface area contributed by atoms with Crippen LogP contribution in [0, 0.1) is 6.92 Å². The summed E-state index contributed by atoms with van der Waals surface area (Å²) in [4.78, 5) is 0. The molecule has 0 saturated carbocycles. The third-order valence-electron chi connectivity index (χ3n) is 1.69. The van der Waals surface area contributed by atoms with Gasteiger partial charge >= 0.3 is 0 Å². The molecule has 0 amide bonds. The maximum absolute atomic E-state index is 5.65. The molecule has 0 aliphatic carbocycles. The van der Waals surface area contributed by atoms with Crippen molar-refractivity contribution in [2.45, 2.75) is 6.92 Å². The lowest BCUT2D eigenvalue weighted by Crippen LogP contribution is -2.41. The lowest BCUT2D eigenvalue weighted by Gasteiger charge is -2.04. The van der Waals surface area contributed by atoms with Crippen LogP contribution in [0.3, 0.4) is 0 Å². The van der Waals surface area contributed by atoms with Gasteiger partial charge in [0, 0.05) is 11.6 Å². The topological polar surface area (TPSA) is 62.9 Å². The van der Waals surface area contributed by atoms with Crippen LogP contribution in [0.25, 0.3) is 0 Å². The number of nitrogens with two attached hydrogens (primary N) is 1. The van der Waals surface area contributed by atoms with Crippen molar-refractivity contribution in [2.75, 3.05) is 12.8 Å². The molecule has 0 bridgehead atoms. The van der Waals surface area contributed by atoms with Crippen LogP contribution in [0.1, 0.15) is 5.56 Å². The van der Waals surface area contributed by atoms with Crippen molar-refractivity contribution < 1.29 is 10.5 Å². The van der Waals surface area contributed by atoms with E-state index in [-0.39, 0.29) is 0 Å². The molecule has 0 aromatic heterocycles. The molecule has 0 fully saturated rings. The summed E-state index contributed by atoms with van der Waals surface area (Å²) < 4.78 is 5.02. The van der Waals surface area contributed by atoms with Crippen LogP contribution in [0.4, 0.5) is 11.4 Å². The predicted molar refractivity (Wildman–Crippen MR) is 44.7 cm³/mol. The number of methoxy groups -OCH3 is 1. The molecule has 0 aliphatic rings. The molecule has 0 heterocycles. The first-order valence-corrected chi connectivity index (χ1v) is 3.41. The minimum atomic E-state index is 0.664. The maximum atomic E-state index is 5.65. The van der Waals surface area contributed by atoms with Gasteiger partial charge in [-0.1, -0.05) is 0 Å². The molecule has 3 heteroatoms. The second-order valence-electron chi connectivity index (χ2n) is 2.52. The number of hydrogen-bond donors (Lipinski definition) is 2. The Kier molecular flexibility index (Phi) is 2.01. The Bertz CT molecular complexity index is 271. The fourth-order valence-corrected chi connectivity index (χ4v) is 0.929. The largest absolute Gasteiger partial charge is 0.494 e. The van der Waals surface area contributed by atoms with Gasteiger partial charge in [0.1, 0.15) is 11.4 Å². The average Bonchev–Trinajstić information content (AvgIpc) is 1.97. The van der Waals surface area contributed by atoms with Gasteiger partial charge in [0.15, 0.2) is 0 Å². The van der Waals surface area contributed by atoms with Gasteiger partial charge in [0.25, 0.3) is 0 Å². The number of nitrogen functional groups attached to an aromatic ring is 1. The number of hydrogen-bond acceptors (Lipinski definition) is 2. The smallest absolute Gasteiger partial charge is 0.147 e. The number of quaternary nitrogens is 1. The molecule has 0 unspecified atom stereocenters. The van der Waals surface area contributed by atoms with Gasteiger partial charge in [-0.05, 0) is 13.0 Å². The summed E-state index contributed by atoms with van der Waals surface area (Å²) in [5, 5.41) is 0. The first-order chi connectivity index (χ1) is 5.15. The molecular formula is C8H13N2O+. The molecule has 1 aromatic rings. The van der Waals surface area contributed by atoms with Crippen LogP contribution in [0.2, 0.25) is 0 Å². The summed E-state index contributed by atoms with van der Waals surface area (Å²) in [5.74, 6) is 0.695. The van der Waals surface area contributed by atoms with E-state index in [2.05, 4.69) is 5.73 Å². The van der Waals surface area contributed by atoms with Crippen molar-refractivity contribution >= 4 is 11.4 Å². The first-order valence-electron chi connectivity index (χ1n) is 3.41. The zero-order valence-electron chi connectivity index (χ0n) is 6.85. The molecule has 1 rings (SSSR count). The Balaban J connectivity index is 3.21. The van der Waals surface area contributed by atoms with E-state index in [1.54, 1.807) is 7.11 Å². The van der Waals surface area contributed by atoms with E-state index in [1.807, 2.05) is 19.1 Å². The third kappa shape index (κ3) is 1.43. The Morgan fingerprint density at radius 1 is 1.45 bits per heavy atom. The van der Waals surface area contributed by atoms with Gasteiger partial charge in [-0.15, -0.1) is 0 Å². The van der Waals surface area contributed by atoms with Gasteiger partial charge in [0.2, 0.25) is 0 Å². The van der Waals surface area contributed by atoms with E-state index in [4.69, 9.17) is 10.5 Å². The molecule has 0 radical (unpaired) electrons. The van der Waals surface area contributed by atoms with Crippen LogP contribution in [-0.4, -0.2) is 7.11 Å². The number of rotatable bonds is 1. The van der Waals surface area contributed by atoms with Gasteiger partial charge in [0.05, 0.1) is 12.8 Å². The lowest BCUT2D eigenvalue weighted by atomic mass is 10.2. The molecule has 0 atom stereocenters. The van der Waals surface area contributed by atoms with Crippen LogP contribution in [-0.2, 0) is 0 Å². The third-order valence-corrected chi connectivity index (χ3v) is 1.69. The van der Waals surface area contributed by atoms with Gasteiger partial charge in [-0.25, -0.2) is 0 Å². The summed E-state index contributed by atoms with van der Waals surface area (Å²) in [6.07, 6.45) is 0. The summed E-state index contributed by atoms with van der Waals surface area (Å²) in [6.45, 7) is 1.97. The Morgan fingerprint density at radius 2 is 2.09 bits per heavy atom. The van der Waals surface area contributed by atoms with E-state index >= 15 is 0 Å². The van der Waals surface area contributed by atoms with Crippen molar-refractivity contribution in [3.8, 4) is 5.75 Å². The summed E-state index contributed by atoms with van der Waals surface area (Å²) in [5.41, 5.74) is 12.2. The van der Waals surface area contributed by atoms with Crippen molar-refractivity contribution in [1.82, 2.24) is 0 Å². The summed E-state index contributed by atoms with van der Waals surface area (Å²) in [7, 11) is 1.60. The highest BCUT2D eigenvalue weighted by molar-refractivity contribution is 5.60. The Morgan fingerprint density at radius 3 is 2.64 bits per heavy atom. The van der Waals surface area contributed by atoms with Gasteiger partial charge in [-0.3, -0.25) is 0 Å². The van der Waals surface area contributed by atoms with Crippen LogP contribution >= 0.6 is 0 Å². The van der Waals surface area contributed by atoms with Crippen molar-refractivity contribution in [1.29, 1.82) is 0 Å². The predicted octanol–water partition coefficient (Wildman–Crippen LogP) is 0.459. The number of benzene rings is 1. The molecular weight excluding hydrogens is 140 g/mol. The quantitative estimate of drug-likeness (QED) is 0.576. The molecule has 0 spiro atoms. The van der Waals surface area contributed by atoms with Crippen LogP contribution < -0.4 is 16.2 Å². The molecule has 0 aliphatic heterocycles. The first kappa shape index (κ1) is 7.88. The number of aryl methyl sites for hydroxylation is 1. The Labute approximate surface area is 66.0 Å². The monoisotopic (exact) mass is 153 g/mol.